The van der Waals surface area contributed by atoms with Gasteiger partial charge in [0.1, 0.15) is 5.69 Å². The van der Waals surface area contributed by atoms with Crippen molar-refractivity contribution in [3.63, 3.8) is 0 Å². The smallest absolute Gasteiger partial charge is 0.266 e. The van der Waals surface area contributed by atoms with Crippen LogP contribution in [0.4, 0.5) is 0 Å². The molecule has 0 unspecified atom stereocenters. The summed E-state index contributed by atoms with van der Waals surface area (Å²) >= 11 is 1.66. The van der Waals surface area contributed by atoms with Crippen LogP contribution in [0.25, 0.3) is 10.6 Å². The third-order valence-electron chi connectivity index (χ3n) is 3.80. The molecule has 0 bridgehead atoms. The molecule has 1 saturated carbocycles. The summed E-state index contributed by atoms with van der Waals surface area (Å²) < 4.78 is 1.66. The molecule has 4 heteroatoms. The van der Waals surface area contributed by atoms with Crippen molar-refractivity contribution in [1.82, 2.24) is 9.78 Å². The van der Waals surface area contributed by atoms with E-state index in [4.69, 9.17) is 0 Å². The Morgan fingerprint density at radius 3 is 2.79 bits per heavy atom. The van der Waals surface area contributed by atoms with Gasteiger partial charge in [0.2, 0.25) is 0 Å². The summed E-state index contributed by atoms with van der Waals surface area (Å²) in [6, 6.07) is 7.52. The Hall–Kier alpha value is -1.42. The van der Waals surface area contributed by atoms with Gasteiger partial charge in [0.25, 0.3) is 5.56 Å². The first kappa shape index (κ1) is 12.6. The number of rotatable bonds is 3. The molecule has 2 heterocycles. The third kappa shape index (κ3) is 2.95. The minimum Gasteiger partial charge on any atom is -0.268 e. The van der Waals surface area contributed by atoms with Gasteiger partial charge in [0.05, 0.1) is 4.88 Å². The van der Waals surface area contributed by atoms with Gasteiger partial charge in [0.15, 0.2) is 0 Å². The highest BCUT2D eigenvalue weighted by Crippen LogP contribution is 2.25. The van der Waals surface area contributed by atoms with Crippen LogP contribution >= 0.6 is 11.3 Å². The summed E-state index contributed by atoms with van der Waals surface area (Å²) in [5, 5.41) is 6.56. The van der Waals surface area contributed by atoms with Crippen LogP contribution in [0.3, 0.4) is 0 Å². The van der Waals surface area contributed by atoms with E-state index in [0.29, 0.717) is 5.92 Å². The number of nitrogens with zero attached hydrogens (tertiary/aromatic N) is 2. The maximum absolute atomic E-state index is 11.9. The maximum atomic E-state index is 11.9. The van der Waals surface area contributed by atoms with Crippen LogP contribution in [0.5, 0.6) is 0 Å². The molecule has 0 radical (unpaired) electrons. The monoisotopic (exact) mass is 274 g/mol. The molecular formula is C15H18N2OS. The summed E-state index contributed by atoms with van der Waals surface area (Å²) in [6.07, 6.45) is 6.40. The summed E-state index contributed by atoms with van der Waals surface area (Å²) in [7, 11) is 0. The minimum atomic E-state index is 0.0193. The fourth-order valence-corrected chi connectivity index (χ4v) is 3.44. The molecule has 0 aliphatic heterocycles. The molecule has 1 fully saturated rings. The first-order valence-electron chi connectivity index (χ1n) is 6.95. The first-order valence-corrected chi connectivity index (χ1v) is 7.83. The van der Waals surface area contributed by atoms with Crippen LogP contribution in [0.15, 0.2) is 34.4 Å². The quantitative estimate of drug-likeness (QED) is 0.858. The molecule has 0 atom stereocenters. The fourth-order valence-electron chi connectivity index (χ4n) is 2.75. The minimum absolute atomic E-state index is 0.0193. The van der Waals surface area contributed by atoms with Gasteiger partial charge >= 0.3 is 0 Å². The maximum Gasteiger partial charge on any atom is 0.266 e. The van der Waals surface area contributed by atoms with Gasteiger partial charge in [-0.15, -0.1) is 11.3 Å². The molecule has 2 aromatic rings. The summed E-state index contributed by atoms with van der Waals surface area (Å²) in [6.45, 7) is 0.776. The van der Waals surface area contributed by atoms with E-state index in [1.165, 1.54) is 32.1 Å². The van der Waals surface area contributed by atoms with Gasteiger partial charge in [0, 0.05) is 12.6 Å². The second kappa shape index (κ2) is 5.70. The largest absolute Gasteiger partial charge is 0.268 e. The van der Waals surface area contributed by atoms with E-state index in [2.05, 4.69) is 5.10 Å². The van der Waals surface area contributed by atoms with Crippen molar-refractivity contribution >= 4 is 11.3 Å². The summed E-state index contributed by atoms with van der Waals surface area (Å²) in [4.78, 5) is 13.0. The Labute approximate surface area is 116 Å². The van der Waals surface area contributed by atoms with Crippen molar-refractivity contribution in [1.29, 1.82) is 0 Å². The average Bonchev–Trinajstić information content (AvgIpc) is 2.96. The lowest BCUT2D eigenvalue weighted by atomic mass is 9.89. The fraction of sp³-hybridized carbons (Fsp3) is 0.467. The zero-order chi connectivity index (χ0) is 13.1. The topological polar surface area (TPSA) is 34.9 Å². The molecule has 1 aliphatic rings. The van der Waals surface area contributed by atoms with Gasteiger partial charge < -0.3 is 0 Å². The molecule has 3 rings (SSSR count). The number of hydrogen-bond donors (Lipinski definition) is 0. The molecule has 2 aromatic heterocycles. The highest BCUT2D eigenvalue weighted by Gasteiger charge is 2.15. The SMILES string of the molecule is O=c1ccc(-c2cccs2)nn1CC1CCCCC1. The third-order valence-corrected chi connectivity index (χ3v) is 4.69. The first-order chi connectivity index (χ1) is 9.33. The Morgan fingerprint density at radius 2 is 2.05 bits per heavy atom. The number of thiophene rings is 1. The molecule has 3 nitrogen and oxygen atoms in total. The summed E-state index contributed by atoms with van der Waals surface area (Å²) in [5.74, 6) is 0.623. The predicted molar refractivity (Wildman–Crippen MR) is 78.4 cm³/mol. The van der Waals surface area contributed by atoms with Crippen molar-refractivity contribution < 1.29 is 0 Å². The van der Waals surface area contributed by atoms with E-state index in [0.717, 1.165) is 17.1 Å². The zero-order valence-electron chi connectivity index (χ0n) is 10.9. The molecule has 0 saturated heterocycles. The van der Waals surface area contributed by atoms with Gasteiger partial charge in [-0.2, -0.15) is 5.10 Å². The molecule has 0 amide bonds. The van der Waals surface area contributed by atoms with Gasteiger partial charge in [-0.3, -0.25) is 4.79 Å². The lowest BCUT2D eigenvalue weighted by Crippen LogP contribution is -2.27. The molecular weight excluding hydrogens is 256 g/mol. The Kier molecular flexibility index (Phi) is 3.78. The van der Waals surface area contributed by atoms with Crippen LogP contribution in [0.2, 0.25) is 0 Å². The van der Waals surface area contributed by atoms with Crippen LogP contribution < -0.4 is 5.56 Å². The van der Waals surface area contributed by atoms with Crippen molar-refractivity contribution in [3.05, 3.63) is 40.0 Å². The second-order valence-electron chi connectivity index (χ2n) is 5.22. The van der Waals surface area contributed by atoms with E-state index in [1.54, 1.807) is 22.1 Å². The van der Waals surface area contributed by atoms with Crippen molar-refractivity contribution in [2.24, 2.45) is 5.92 Å². The number of aromatic nitrogens is 2. The normalized spacial score (nSPS) is 16.6. The van der Waals surface area contributed by atoms with Gasteiger partial charge in [-0.1, -0.05) is 25.3 Å². The highest BCUT2D eigenvalue weighted by atomic mass is 32.1. The second-order valence-corrected chi connectivity index (χ2v) is 6.17. The number of hydrogen-bond acceptors (Lipinski definition) is 3. The van der Waals surface area contributed by atoms with Crippen molar-refractivity contribution in [3.8, 4) is 10.6 Å². The zero-order valence-corrected chi connectivity index (χ0v) is 11.7. The molecule has 100 valence electrons. The lowest BCUT2D eigenvalue weighted by molar-refractivity contribution is 0.303. The van der Waals surface area contributed by atoms with E-state index < -0.39 is 0 Å². The molecule has 1 aliphatic carbocycles. The van der Waals surface area contributed by atoms with Gasteiger partial charge in [-0.05, 0) is 36.3 Å². The summed E-state index contributed by atoms with van der Waals surface area (Å²) in [5.41, 5.74) is 0.927. The average molecular weight is 274 g/mol. The Morgan fingerprint density at radius 1 is 1.21 bits per heavy atom. The molecule has 0 N–H and O–H groups in total. The predicted octanol–water partition coefficient (Wildman–Crippen LogP) is 3.55. The van der Waals surface area contributed by atoms with Crippen molar-refractivity contribution in [2.75, 3.05) is 0 Å². The molecule has 0 spiro atoms. The van der Waals surface area contributed by atoms with E-state index in [-0.39, 0.29) is 5.56 Å². The lowest BCUT2D eigenvalue weighted by Gasteiger charge is -2.21. The van der Waals surface area contributed by atoms with Gasteiger partial charge in [-0.25, -0.2) is 4.68 Å². The van der Waals surface area contributed by atoms with E-state index in [9.17, 15) is 4.79 Å². The van der Waals surface area contributed by atoms with Crippen molar-refractivity contribution in [2.45, 2.75) is 38.6 Å². The van der Waals surface area contributed by atoms with E-state index >= 15 is 0 Å². The van der Waals surface area contributed by atoms with Crippen LogP contribution in [-0.4, -0.2) is 9.78 Å². The molecule has 19 heavy (non-hydrogen) atoms. The van der Waals surface area contributed by atoms with Crippen LogP contribution in [0.1, 0.15) is 32.1 Å². The van der Waals surface area contributed by atoms with Crippen LogP contribution in [-0.2, 0) is 6.54 Å². The Balaban J connectivity index is 1.84. The standard InChI is InChI=1S/C15H18N2OS/c18-15-9-8-13(14-7-4-10-19-14)16-17(15)11-12-5-2-1-3-6-12/h4,7-10,12H,1-3,5-6,11H2. The molecule has 0 aromatic carbocycles. The highest BCUT2D eigenvalue weighted by molar-refractivity contribution is 7.13. The Bertz CT molecular complexity index is 582. The van der Waals surface area contributed by atoms with E-state index in [1.807, 2.05) is 23.6 Å². The van der Waals surface area contributed by atoms with Crippen LogP contribution in [0, 0.1) is 5.92 Å².